The average Bonchev–Trinajstić information content (AvgIpc) is 3.54. The van der Waals surface area contributed by atoms with Gasteiger partial charge in [-0.1, -0.05) is 13.8 Å². The Morgan fingerprint density at radius 3 is 2.75 bits per heavy atom. The summed E-state index contributed by atoms with van der Waals surface area (Å²) in [4.78, 5) is 24.4. The highest BCUT2D eigenvalue weighted by molar-refractivity contribution is 5.87. The Morgan fingerprint density at radius 1 is 1.28 bits per heavy atom. The fourth-order valence-corrected chi connectivity index (χ4v) is 5.86. The predicted molar refractivity (Wildman–Crippen MR) is 120 cm³/mol. The van der Waals surface area contributed by atoms with Gasteiger partial charge in [0.2, 0.25) is 0 Å². The zero-order chi connectivity index (χ0) is 22.6. The van der Waals surface area contributed by atoms with Crippen molar-refractivity contribution in [1.29, 1.82) is 0 Å². The third-order valence-electron chi connectivity index (χ3n) is 7.59. The van der Waals surface area contributed by atoms with E-state index in [2.05, 4.69) is 29.8 Å². The zero-order valence-electron chi connectivity index (χ0n) is 19.0. The van der Waals surface area contributed by atoms with Crippen molar-refractivity contribution in [2.24, 2.45) is 17.3 Å². The van der Waals surface area contributed by atoms with Gasteiger partial charge in [-0.15, -0.1) is 0 Å². The Balaban J connectivity index is 1.62. The van der Waals surface area contributed by atoms with Gasteiger partial charge in [-0.05, 0) is 48.7 Å². The number of rotatable bonds is 7. The molecule has 3 heterocycles. The molecule has 0 aromatic carbocycles. The van der Waals surface area contributed by atoms with E-state index in [4.69, 9.17) is 9.47 Å². The van der Waals surface area contributed by atoms with Gasteiger partial charge in [-0.2, -0.15) is 0 Å². The second-order valence-corrected chi connectivity index (χ2v) is 10.3. The molecule has 0 radical (unpaired) electrons. The summed E-state index contributed by atoms with van der Waals surface area (Å²) in [5.74, 6) is 0.594. The van der Waals surface area contributed by atoms with E-state index in [1.165, 1.54) is 11.6 Å². The first-order chi connectivity index (χ1) is 15.3. The van der Waals surface area contributed by atoms with Crippen LogP contribution in [0.5, 0.6) is 0 Å². The number of carbonyl (C=O) groups is 1. The van der Waals surface area contributed by atoms with Gasteiger partial charge in [0, 0.05) is 44.4 Å². The highest BCUT2D eigenvalue weighted by Gasteiger charge is 2.50. The number of ether oxygens (including phenoxy) is 2. The van der Waals surface area contributed by atoms with Crippen LogP contribution in [0.1, 0.15) is 68.0 Å². The van der Waals surface area contributed by atoms with Crippen molar-refractivity contribution in [3.63, 3.8) is 0 Å². The predicted octanol–water partition coefficient (Wildman–Crippen LogP) is 3.57. The summed E-state index contributed by atoms with van der Waals surface area (Å²) in [6, 6.07) is 1.70. The minimum Gasteiger partial charge on any atom is -0.496 e. The van der Waals surface area contributed by atoms with Crippen LogP contribution in [0.15, 0.2) is 34.5 Å². The molecule has 0 amide bonds. The molecule has 0 saturated heterocycles. The molecular weight excluding hydrogens is 408 g/mol. The van der Waals surface area contributed by atoms with E-state index in [0.717, 1.165) is 49.3 Å². The van der Waals surface area contributed by atoms with Crippen LogP contribution in [0.2, 0.25) is 0 Å². The quantitative estimate of drug-likeness (QED) is 0.630. The standard InChI is InChI=1S/C25H32N2O5/c1-25(2)8-7-15-16-11-20(32-10-4-9-31-3)21(14-5-6-14)26-22(16)18-12-19(28)17(24(29)30)13-27(18)23(15)25/h11-15,21,23,26H,4-10H2,1-3H3,(H,29,30). The van der Waals surface area contributed by atoms with Gasteiger partial charge in [-0.25, -0.2) is 4.79 Å². The molecule has 2 aliphatic carbocycles. The molecule has 172 valence electrons. The highest BCUT2D eigenvalue weighted by Crippen LogP contribution is 2.57. The third-order valence-corrected chi connectivity index (χ3v) is 7.59. The minimum atomic E-state index is -1.17. The summed E-state index contributed by atoms with van der Waals surface area (Å²) in [7, 11) is 1.70. The number of allylic oxidation sites excluding steroid dienone is 2. The molecule has 2 fully saturated rings. The Kier molecular flexibility index (Phi) is 5.19. The fraction of sp³-hybridized carbons (Fsp3) is 0.600. The second-order valence-electron chi connectivity index (χ2n) is 10.3. The van der Waals surface area contributed by atoms with Crippen LogP contribution < -0.4 is 10.7 Å². The van der Waals surface area contributed by atoms with Crippen LogP contribution in [-0.2, 0) is 9.47 Å². The lowest BCUT2D eigenvalue weighted by Gasteiger charge is -2.43. The molecule has 3 atom stereocenters. The van der Waals surface area contributed by atoms with Crippen molar-refractivity contribution >= 4 is 11.7 Å². The molecule has 2 aliphatic heterocycles. The summed E-state index contributed by atoms with van der Waals surface area (Å²) < 4.78 is 13.5. The number of aromatic carboxylic acids is 1. The van der Waals surface area contributed by atoms with Gasteiger partial charge in [0.15, 0.2) is 5.43 Å². The number of pyridine rings is 1. The first-order valence-electron chi connectivity index (χ1n) is 11.7. The normalized spacial score (nSPS) is 27.7. The van der Waals surface area contributed by atoms with Gasteiger partial charge in [-0.3, -0.25) is 4.79 Å². The summed E-state index contributed by atoms with van der Waals surface area (Å²) in [5.41, 5.74) is 2.35. The summed E-state index contributed by atoms with van der Waals surface area (Å²) in [5, 5.41) is 13.3. The van der Waals surface area contributed by atoms with Crippen molar-refractivity contribution < 1.29 is 19.4 Å². The maximum absolute atomic E-state index is 12.7. The van der Waals surface area contributed by atoms with Crippen molar-refractivity contribution in [1.82, 2.24) is 9.88 Å². The molecule has 7 nitrogen and oxygen atoms in total. The summed E-state index contributed by atoms with van der Waals surface area (Å²) in [6.07, 6.45) is 9.01. The van der Waals surface area contributed by atoms with Gasteiger partial charge in [0.05, 0.1) is 24.0 Å². The molecule has 2 saturated carbocycles. The van der Waals surface area contributed by atoms with E-state index in [-0.39, 0.29) is 29.0 Å². The first kappa shape index (κ1) is 21.3. The van der Waals surface area contributed by atoms with Crippen molar-refractivity contribution in [2.45, 2.75) is 58.0 Å². The Hall–Kier alpha value is -2.54. The van der Waals surface area contributed by atoms with E-state index in [1.807, 2.05) is 0 Å². The van der Waals surface area contributed by atoms with Crippen LogP contribution in [-0.4, -0.2) is 42.0 Å². The number of methoxy groups -OCH3 is 1. The Morgan fingerprint density at radius 2 is 2.06 bits per heavy atom. The number of hydrogen-bond donors (Lipinski definition) is 2. The molecule has 0 bridgehead atoms. The molecule has 7 heteroatoms. The SMILES string of the molecule is COCCCOC1=CC2=C(NC1C1CC1)c1cc(=O)c(C(=O)O)cn1C1C2CCC1(C)C. The highest BCUT2D eigenvalue weighted by atomic mass is 16.5. The Bertz CT molecular complexity index is 1060. The molecular formula is C25H32N2O5. The summed E-state index contributed by atoms with van der Waals surface area (Å²) in [6.45, 7) is 5.76. The third kappa shape index (κ3) is 3.47. The monoisotopic (exact) mass is 440 g/mol. The number of dihydropyridines is 1. The number of nitrogens with one attached hydrogen (secondary N) is 1. The topological polar surface area (TPSA) is 89.8 Å². The van der Waals surface area contributed by atoms with E-state index >= 15 is 0 Å². The van der Waals surface area contributed by atoms with Crippen LogP contribution in [0.3, 0.4) is 0 Å². The number of nitrogens with zero attached hydrogens (tertiary/aromatic N) is 1. The smallest absolute Gasteiger partial charge is 0.341 e. The average molecular weight is 441 g/mol. The van der Waals surface area contributed by atoms with Crippen LogP contribution in [0.4, 0.5) is 0 Å². The van der Waals surface area contributed by atoms with Gasteiger partial charge >= 0.3 is 5.97 Å². The Labute approximate surface area is 188 Å². The van der Waals surface area contributed by atoms with Crippen molar-refractivity contribution in [3.8, 4) is 0 Å². The van der Waals surface area contributed by atoms with E-state index in [1.54, 1.807) is 13.3 Å². The maximum atomic E-state index is 12.7. The number of aromatic nitrogens is 1. The molecule has 3 unspecified atom stereocenters. The lowest BCUT2D eigenvalue weighted by atomic mass is 9.77. The first-order valence-corrected chi connectivity index (χ1v) is 11.7. The van der Waals surface area contributed by atoms with Gasteiger partial charge in [0.1, 0.15) is 11.3 Å². The zero-order valence-corrected chi connectivity index (χ0v) is 19.0. The molecule has 1 aromatic rings. The molecule has 2 N–H and O–H groups in total. The molecule has 0 spiro atoms. The van der Waals surface area contributed by atoms with Crippen molar-refractivity contribution in [3.05, 3.63) is 51.2 Å². The van der Waals surface area contributed by atoms with Gasteiger partial charge in [0.25, 0.3) is 0 Å². The molecule has 4 aliphatic rings. The largest absolute Gasteiger partial charge is 0.496 e. The number of carboxylic acid groups (broad SMARTS) is 1. The maximum Gasteiger partial charge on any atom is 0.341 e. The molecule has 5 rings (SSSR count). The minimum absolute atomic E-state index is 0.0105. The van der Waals surface area contributed by atoms with E-state index < -0.39 is 11.4 Å². The van der Waals surface area contributed by atoms with Gasteiger partial charge < -0.3 is 24.5 Å². The van der Waals surface area contributed by atoms with Crippen LogP contribution in [0, 0.1) is 17.3 Å². The van der Waals surface area contributed by atoms with E-state index in [0.29, 0.717) is 19.1 Å². The lowest BCUT2D eigenvalue weighted by molar-refractivity contribution is 0.0693. The molecule has 32 heavy (non-hydrogen) atoms. The van der Waals surface area contributed by atoms with Crippen molar-refractivity contribution in [2.75, 3.05) is 20.3 Å². The van der Waals surface area contributed by atoms with Crippen LogP contribution >= 0.6 is 0 Å². The second kappa shape index (κ2) is 7.80. The molecule has 1 aromatic heterocycles. The van der Waals surface area contributed by atoms with Crippen LogP contribution in [0.25, 0.3) is 5.70 Å². The van der Waals surface area contributed by atoms with E-state index in [9.17, 15) is 14.7 Å². The number of carboxylic acids is 1. The number of hydrogen-bond acceptors (Lipinski definition) is 5. The summed E-state index contributed by atoms with van der Waals surface area (Å²) >= 11 is 0. The lowest BCUT2D eigenvalue weighted by Crippen LogP contribution is -2.43. The number of fused-ring (bicyclic) bond motifs is 5. The fourth-order valence-electron chi connectivity index (χ4n) is 5.86.